The van der Waals surface area contributed by atoms with Crippen LogP contribution in [-0.2, 0) is 6.54 Å². The molecular formula is C12H21N3OS. The number of aryl methyl sites for hydroxylation is 1. The second-order valence-electron chi connectivity index (χ2n) is 5.28. The van der Waals surface area contributed by atoms with E-state index in [1.54, 1.807) is 11.3 Å². The van der Waals surface area contributed by atoms with Crippen LogP contribution in [0.4, 0.5) is 4.79 Å². The summed E-state index contributed by atoms with van der Waals surface area (Å²) in [5, 5.41) is 6.67. The minimum Gasteiger partial charge on any atom is -0.335 e. The van der Waals surface area contributed by atoms with Gasteiger partial charge in [-0.05, 0) is 19.3 Å². The maximum atomic E-state index is 11.6. The summed E-state index contributed by atoms with van der Waals surface area (Å²) in [6.45, 7) is 10.8. The van der Waals surface area contributed by atoms with Crippen molar-refractivity contribution < 1.29 is 4.79 Å². The Labute approximate surface area is 107 Å². The second kappa shape index (κ2) is 5.49. The molecule has 96 valence electrons. The summed E-state index contributed by atoms with van der Waals surface area (Å²) in [5.41, 5.74) is 0.0646. The Morgan fingerprint density at radius 2 is 2.18 bits per heavy atom. The Morgan fingerprint density at radius 1 is 1.53 bits per heavy atom. The van der Waals surface area contributed by atoms with Gasteiger partial charge in [-0.3, -0.25) is 0 Å². The molecule has 1 atom stereocenters. The summed E-state index contributed by atoms with van der Waals surface area (Å²) in [5.74, 6) is 0. The Morgan fingerprint density at radius 3 is 2.65 bits per heavy atom. The second-order valence-corrected chi connectivity index (χ2v) is 6.60. The quantitative estimate of drug-likeness (QED) is 0.872. The van der Waals surface area contributed by atoms with Gasteiger partial charge in [-0.1, -0.05) is 20.8 Å². The molecule has 0 spiro atoms. The normalized spacial score (nSPS) is 13.2. The molecule has 0 saturated carbocycles. The molecule has 1 heterocycles. The number of nitrogens with one attached hydrogen (secondary N) is 2. The number of aromatic nitrogens is 1. The topological polar surface area (TPSA) is 54.0 Å². The summed E-state index contributed by atoms with van der Waals surface area (Å²) in [6.07, 6.45) is 1.82. The van der Waals surface area contributed by atoms with Gasteiger partial charge >= 0.3 is 6.03 Å². The van der Waals surface area contributed by atoms with Crippen LogP contribution in [0.2, 0.25) is 0 Å². The number of nitrogens with zero attached hydrogens (tertiary/aromatic N) is 1. The van der Waals surface area contributed by atoms with E-state index >= 15 is 0 Å². The average molecular weight is 255 g/mol. The third-order valence-corrected chi connectivity index (χ3v) is 3.63. The number of carbonyl (C=O) groups excluding carboxylic acids is 1. The zero-order valence-electron chi connectivity index (χ0n) is 11.1. The fraction of sp³-hybridized carbons (Fsp3) is 0.667. The van der Waals surface area contributed by atoms with E-state index in [-0.39, 0.29) is 17.5 Å². The van der Waals surface area contributed by atoms with Crippen LogP contribution in [0, 0.1) is 12.3 Å². The molecule has 1 aromatic rings. The van der Waals surface area contributed by atoms with Crippen molar-refractivity contribution in [2.24, 2.45) is 5.41 Å². The molecule has 17 heavy (non-hydrogen) atoms. The maximum absolute atomic E-state index is 11.6. The van der Waals surface area contributed by atoms with Crippen molar-refractivity contribution in [2.45, 2.75) is 47.2 Å². The first-order valence-corrected chi connectivity index (χ1v) is 6.56. The van der Waals surface area contributed by atoms with Gasteiger partial charge in [0.05, 0.1) is 6.54 Å². The Bertz CT molecular complexity index is 381. The molecule has 0 aliphatic heterocycles. The fourth-order valence-electron chi connectivity index (χ4n) is 1.10. The largest absolute Gasteiger partial charge is 0.335 e. The van der Waals surface area contributed by atoms with Crippen LogP contribution in [0.25, 0.3) is 0 Å². The average Bonchev–Trinajstić information content (AvgIpc) is 2.60. The van der Waals surface area contributed by atoms with E-state index in [4.69, 9.17) is 0 Å². The Kier molecular flexibility index (Phi) is 4.51. The SMILES string of the molecule is Cc1cnc(CNC(=O)N[C@H](C)C(C)(C)C)s1. The summed E-state index contributed by atoms with van der Waals surface area (Å²) >= 11 is 1.60. The Balaban J connectivity index is 2.36. The lowest BCUT2D eigenvalue weighted by Gasteiger charge is -2.27. The predicted octanol–water partition coefficient (Wildman–Crippen LogP) is 2.69. The van der Waals surface area contributed by atoms with E-state index < -0.39 is 0 Å². The predicted molar refractivity (Wildman–Crippen MR) is 71.1 cm³/mol. The van der Waals surface area contributed by atoms with E-state index in [0.717, 1.165) is 9.88 Å². The highest BCUT2D eigenvalue weighted by Crippen LogP contribution is 2.18. The number of rotatable bonds is 3. The molecule has 0 bridgehead atoms. The number of hydrogen-bond acceptors (Lipinski definition) is 3. The van der Waals surface area contributed by atoms with Crippen LogP contribution in [-0.4, -0.2) is 17.1 Å². The van der Waals surface area contributed by atoms with Gasteiger partial charge in [0, 0.05) is 17.1 Å². The first-order chi connectivity index (χ1) is 7.79. The van der Waals surface area contributed by atoms with Gasteiger partial charge in [0.15, 0.2) is 0 Å². The molecule has 0 aromatic carbocycles. The number of hydrogen-bond donors (Lipinski definition) is 2. The molecule has 5 heteroatoms. The highest BCUT2D eigenvalue weighted by Gasteiger charge is 2.21. The number of urea groups is 1. The first-order valence-electron chi connectivity index (χ1n) is 5.74. The van der Waals surface area contributed by atoms with Crippen LogP contribution in [0.5, 0.6) is 0 Å². The minimum absolute atomic E-state index is 0.0646. The molecule has 0 aliphatic carbocycles. The summed E-state index contributed by atoms with van der Waals surface area (Å²) in [4.78, 5) is 17.0. The molecule has 0 fully saturated rings. The lowest BCUT2D eigenvalue weighted by Crippen LogP contribution is -2.46. The third kappa shape index (κ3) is 4.73. The summed E-state index contributed by atoms with van der Waals surface area (Å²) in [6, 6.07) is -0.0131. The van der Waals surface area contributed by atoms with Gasteiger partial charge in [0.2, 0.25) is 0 Å². The van der Waals surface area contributed by atoms with Crippen LogP contribution < -0.4 is 10.6 Å². The minimum atomic E-state index is -0.139. The monoisotopic (exact) mass is 255 g/mol. The van der Waals surface area contributed by atoms with Crippen molar-refractivity contribution in [1.29, 1.82) is 0 Å². The fourth-order valence-corrected chi connectivity index (χ4v) is 1.83. The van der Waals surface area contributed by atoms with Gasteiger partial charge in [-0.25, -0.2) is 9.78 Å². The number of amides is 2. The van der Waals surface area contributed by atoms with Gasteiger partial charge < -0.3 is 10.6 Å². The molecule has 0 radical (unpaired) electrons. The molecule has 0 aliphatic rings. The number of thiazole rings is 1. The van der Waals surface area contributed by atoms with Gasteiger partial charge in [-0.2, -0.15) is 0 Å². The third-order valence-electron chi connectivity index (χ3n) is 2.72. The summed E-state index contributed by atoms with van der Waals surface area (Å²) in [7, 11) is 0. The van der Waals surface area contributed by atoms with Gasteiger partial charge in [0.25, 0.3) is 0 Å². The maximum Gasteiger partial charge on any atom is 0.315 e. The van der Waals surface area contributed by atoms with Crippen molar-refractivity contribution in [2.75, 3.05) is 0 Å². The van der Waals surface area contributed by atoms with Crippen molar-refractivity contribution in [3.63, 3.8) is 0 Å². The van der Waals surface area contributed by atoms with E-state index in [2.05, 4.69) is 36.4 Å². The highest BCUT2D eigenvalue weighted by atomic mass is 32.1. The molecular weight excluding hydrogens is 234 g/mol. The van der Waals surface area contributed by atoms with Crippen molar-refractivity contribution in [3.8, 4) is 0 Å². The zero-order chi connectivity index (χ0) is 13.1. The lowest BCUT2D eigenvalue weighted by atomic mass is 9.88. The van der Waals surface area contributed by atoms with Crippen molar-refractivity contribution in [3.05, 3.63) is 16.1 Å². The van der Waals surface area contributed by atoms with Crippen molar-refractivity contribution in [1.82, 2.24) is 15.6 Å². The first kappa shape index (κ1) is 14.0. The summed E-state index contributed by atoms with van der Waals surface area (Å²) < 4.78 is 0. The molecule has 0 unspecified atom stereocenters. The van der Waals surface area contributed by atoms with Crippen LogP contribution >= 0.6 is 11.3 Å². The molecule has 1 aromatic heterocycles. The van der Waals surface area contributed by atoms with Crippen molar-refractivity contribution >= 4 is 17.4 Å². The number of carbonyl (C=O) groups is 1. The lowest BCUT2D eigenvalue weighted by molar-refractivity contribution is 0.222. The van der Waals surface area contributed by atoms with E-state index in [0.29, 0.717) is 6.54 Å². The zero-order valence-corrected chi connectivity index (χ0v) is 11.9. The van der Waals surface area contributed by atoms with Crippen LogP contribution in [0.3, 0.4) is 0 Å². The highest BCUT2D eigenvalue weighted by molar-refractivity contribution is 7.11. The molecule has 1 rings (SSSR count). The molecule has 2 N–H and O–H groups in total. The van der Waals surface area contributed by atoms with E-state index in [1.807, 2.05) is 20.0 Å². The van der Waals surface area contributed by atoms with Crippen LogP contribution in [0.1, 0.15) is 37.6 Å². The molecule has 0 saturated heterocycles. The van der Waals surface area contributed by atoms with Crippen LogP contribution in [0.15, 0.2) is 6.20 Å². The molecule has 2 amide bonds. The smallest absolute Gasteiger partial charge is 0.315 e. The van der Waals surface area contributed by atoms with E-state index in [1.165, 1.54) is 0 Å². The Hall–Kier alpha value is -1.10. The van der Waals surface area contributed by atoms with Gasteiger partial charge in [-0.15, -0.1) is 11.3 Å². The van der Waals surface area contributed by atoms with Gasteiger partial charge in [0.1, 0.15) is 5.01 Å². The van der Waals surface area contributed by atoms with E-state index in [9.17, 15) is 4.79 Å². The standard InChI is InChI=1S/C12H21N3OS/c1-8-6-13-10(17-8)7-14-11(16)15-9(2)12(3,4)5/h6,9H,7H2,1-5H3,(H2,14,15,16)/t9-/m1/s1. The molecule has 4 nitrogen and oxygen atoms in total.